The third kappa shape index (κ3) is 5.98. The summed E-state index contributed by atoms with van der Waals surface area (Å²) in [5.41, 5.74) is 5.55. The summed E-state index contributed by atoms with van der Waals surface area (Å²) in [5.74, 6) is 0.666. The molecule has 4 unspecified atom stereocenters. The number of anilines is 3. The normalized spacial score (nSPS) is 24.2. The van der Waals surface area contributed by atoms with Crippen LogP contribution < -0.4 is 16.0 Å². The molecule has 0 spiro atoms. The quantitative estimate of drug-likeness (QED) is 0.331. The second-order valence-corrected chi connectivity index (χ2v) is 9.66. The van der Waals surface area contributed by atoms with E-state index in [4.69, 9.17) is 4.99 Å². The van der Waals surface area contributed by atoms with Gasteiger partial charge in [0.1, 0.15) is 12.4 Å². The van der Waals surface area contributed by atoms with E-state index in [2.05, 4.69) is 39.7 Å². The maximum atomic E-state index is 14.4. The van der Waals surface area contributed by atoms with Crippen molar-refractivity contribution in [3.05, 3.63) is 85.0 Å². The molecule has 0 amide bonds. The summed E-state index contributed by atoms with van der Waals surface area (Å²) < 4.78 is 14.4. The first-order valence-corrected chi connectivity index (χ1v) is 12.6. The Kier molecular flexibility index (Phi) is 7.48. The topological polar surface area (TPSA) is 84.3 Å². The van der Waals surface area contributed by atoms with Crippen LogP contribution in [0.25, 0.3) is 5.57 Å². The number of likely N-dealkylation sites (tertiary alicyclic amines) is 1. The lowest BCUT2D eigenvalue weighted by atomic mass is 9.87. The first-order valence-electron chi connectivity index (χ1n) is 12.6. The SMILES string of the molecule is C=CC(O)Nc1cccc(C2=CC=CC3CN=C(Nc4ccc(NC5CCN(C)CC5F)cc4)N=C23)c1. The molecule has 37 heavy (non-hydrogen) atoms. The van der Waals surface area contributed by atoms with Gasteiger partial charge in [0, 0.05) is 41.6 Å². The highest BCUT2D eigenvalue weighted by atomic mass is 19.1. The molecule has 192 valence electrons. The van der Waals surface area contributed by atoms with Crippen LogP contribution in [0.5, 0.6) is 0 Å². The molecule has 7 nitrogen and oxygen atoms in total. The van der Waals surface area contributed by atoms with E-state index in [1.54, 1.807) is 0 Å². The number of nitrogens with one attached hydrogen (secondary N) is 3. The van der Waals surface area contributed by atoms with Crippen molar-refractivity contribution in [2.24, 2.45) is 15.9 Å². The van der Waals surface area contributed by atoms with Gasteiger partial charge in [0.2, 0.25) is 5.96 Å². The van der Waals surface area contributed by atoms with Crippen LogP contribution in [0.3, 0.4) is 0 Å². The minimum Gasteiger partial charge on any atom is -0.379 e. The van der Waals surface area contributed by atoms with Gasteiger partial charge in [0.05, 0.1) is 18.3 Å². The molecule has 5 rings (SSSR count). The maximum absolute atomic E-state index is 14.4. The summed E-state index contributed by atoms with van der Waals surface area (Å²) >= 11 is 0. The number of benzene rings is 2. The lowest BCUT2D eigenvalue weighted by molar-refractivity contribution is 0.149. The average Bonchev–Trinajstić information content (AvgIpc) is 2.91. The largest absolute Gasteiger partial charge is 0.379 e. The van der Waals surface area contributed by atoms with Crippen molar-refractivity contribution < 1.29 is 9.50 Å². The number of halogens is 1. The van der Waals surface area contributed by atoms with Crippen molar-refractivity contribution in [2.45, 2.75) is 24.9 Å². The molecule has 3 aliphatic rings. The van der Waals surface area contributed by atoms with Gasteiger partial charge in [-0.2, -0.15) is 0 Å². The third-order valence-corrected chi connectivity index (χ3v) is 6.85. The number of hydrogen-bond donors (Lipinski definition) is 4. The number of allylic oxidation sites excluding steroid dienone is 3. The first kappa shape index (κ1) is 24.9. The molecule has 2 aromatic rings. The van der Waals surface area contributed by atoms with Gasteiger partial charge in [-0.3, -0.25) is 4.99 Å². The van der Waals surface area contributed by atoms with E-state index < -0.39 is 12.4 Å². The summed E-state index contributed by atoms with van der Waals surface area (Å²) in [6, 6.07) is 15.5. The Morgan fingerprint density at radius 2 is 1.97 bits per heavy atom. The number of fused-ring (bicyclic) bond motifs is 1. The van der Waals surface area contributed by atoms with Crippen LogP contribution in [-0.4, -0.2) is 66.8 Å². The zero-order valence-corrected chi connectivity index (χ0v) is 20.9. The molecule has 4 N–H and O–H groups in total. The number of rotatable bonds is 7. The minimum atomic E-state index is -0.882. The smallest absolute Gasteiger partial charge is 0.222 e. The van der Waals surface area contributed by atoms with E-state index in [-0.39, 0.29) is 12.0 Å². The third-order valence-electron chi connectivity index (χ3n) is 6.85. The number of aliphatic hydroxyl groups is 1. The van der Waals surface area contributed by atoms with Gasteiger partial charge in [0.25, 0.3) is 0 Å². The molecular formula is C29H33FN6O. The van der Waals surface area contributed by atoms with Crippen LogP contribution in [0.4, 0.5) is 21.5 Å². The van der Waals surface area contributed by atoms with E-state index in [1.165, 1.54) is 6.08 Å². The molecule has 0 aromatic heterocycles. The van der Waals surface area contributed by atoms with Gasteiger partial charge in [-0.1, -0.05) is 36.9 Å². The number of hydrogen-bond acceptors (Lipinski definition) is 7. The Labute approximate surface area is 217 Å². The van der Waals surface area contributed by atoms with Crippen molar-refractivity contribution in [1.29, 1.82) is 0 Å². The number of aliphatic imine (C=N–C) groups is 2. The number of nitrogens with zero attached hydrogens (tertiary/aromatic N) is 3. The van der Waals surface area contributed by atoms with Gasteiger partial charge in [-0.15, -0.1) is 0 Å². The molecule has 1 fully saturated rings. The minimum absolute atomic E-state index is 0.107. The van der Waals surface area contributed by atoms with E-state index in [0.717, 1.165) is 46.9 Å². The van der Waals surface area contributed by atoms with E-state index >= 15 is 0 Å². The van der Waals surface area contributed by atoms with Crippen LogP contribution in [-0.2, 0) is 0 Å². The van der Waals surface area contributed by atoms with Crippen LogP contribution in [0.15, 0.2) is 89.4 Å². The predicted molar refractivity (Wildman–Crippen MR) is 151 cm³/mol. The molecule has 0 radical (unpaired) electrons. The van der Waals surface area contributed by atoms with E-state index in [1.807, 2.05) is 66.6 Å². The Morgan fingerprint density at radius 3 is 2.76 bits per heavy atom. The standard InChI is InChI=1S/C29H33FN6O/c1-3-27(37)33-23-8-4-6-19(16-23)24-9-5-7-20-17-31-29(35-28(20)24)34-22-12-10-21(11-13-22)32-26-14-15-36(2)18-25(26)30/h3-13,16,20,25-27,32-33,37H,1,14-15,17-18H2,2H3,(H,31,34). The van der Waals surface area contributed by atoms with Crippen LogP contribution >= 0.6 is 0 Å². The molecule has 1 saturated heterocycles. The second-order valence-electron chi connectivity index (χ2n) is 9.66. The molecule has 0 bridgehead atoms. The van der Waals surface area contributed by atoms with E-state index in [0.29, 0.717) is 19.0 Å². The van der Waals surface area contributed by atoms with Crippen molar-refractivity contribution in [3.63, 3.8) is 0 Å². The van der Waals surface area contributed by atoms with Gasteiger partial charge in [-0.05, 0) is 61.5 Å². The summed E-state index contributed by atoms with van der Waals surface area (Å²) in [5, 5.41) is 19.5. The van der Waals surface area contributed by atoms with Crippen LogP contribution in [0.2, 0.25) is 0 Å². The molecule has 2 aromatic carbocycles. The second kappa shape index (κ2) is 11.1. The maximum Gasteiger partial charge on any atom is 0.222 e. The van der Waals surface area contributed by atoms with E-state index in [9.17, 15) is 9.50 Å². The molecule has 4 atom stereocenters. The summed E-state index contributed by atoms with van der Waals surface area (Å²) in [6.07, 6.45) is 6.75. The summed E-state index contributed by atoms with van der Waals surface area (Å²) in [7, 11) is 1.95. The number of guanidine groups is 1. The molecule has 8 heteroatoms. The fraction of sp³-hybridized carbons (Fsp3) is 0.310. The Balaban J connectivity index is 1.27. The van der Waals surface area contributed by atoms with Gasteiger partial charge in [-0.25, -0.2) is 9.38 Å². The first-order chi connectivity index (χ1) is 18.0. The Bertz CT molecular complexity index is 1250. The Morgan fingerprint density at radius 1 is 1.16 bits per heavy atom. The van der Waals surface area contributed by atoms with Crippen molar-refractivity contribution in [3.8, 4) is 0 Å². The van der Waals surface area contributed by atoms with Crippen molar-refractivity contribution >= 4 is 34.3 Å². The molecular weight excluding hydrogens is 467 g/mol. The lowest BCUT2D eigenvalue weighted by Gasteiger charge is -2.33. The molecule has 1 aliphatic carbocycles. The monoisotopic (exact) mass is 500 g/mol. The molecule has 0 saturated carbocycles. The highest BCUT2D eigenvalue weighted by Crippen LogP contribution is 2.29. The number of piperidine rings is 1. The highest BCUT2D eigenvalue weighted by molar-refractivity contribution is 6.30. The number of alkyl halides is 1. The fourth-order valence-corrected chi connectivity index (χ4v) is 4.82. The predicted octanol–water partition coefficient (Wildman–Crippen LogP) is 4.55. The van der Waals surface area contributed by atoms with Crippen LogP contribution in [0.1, 0.15) is 12.0 Å². The zero-order valence-electron chi connectivity index (χ0n) is 20.9. The van der Waals surface area contributed by atoms with Gasteiger partial charge < -0.3 is 26.0 Å². The van der Waals surface area contributed by atoms with Gasteiger partial charge >= 0.3 is 0 Å². The zero-order chi connectivity index (χ0) is 25.8. The van der Waals surface area contributed by atoms with Crippen molar-refractivity contribution in [2.75, 3.05) is 42.6 Å². The van der Waals surface area contributed by atoms with Crippen molar-refractivity contribution in [1.82, 2.24) is 4.90 Å². The average molecular weight is 501 g/mol. The molecule has 2 heterocycles. The fourth-order valence-electron chi connectivity index (χ4n) is 4.82. The Hall–Kier alpha value is -3.75. The lowest BCUT2D eigenvalue weighted by Crippen LogP contribution is -2.46. The van der Waals surface area contributed by atoms with Crippen LogP contribution in [0, 0.1) is 5.92 Å². The highest BCUT2D eigenvalue weighted by Gasteiger charge is 2.27. The number of aliphatic hydroxyl groups excluding tert-OH is 1. The summed E-state index contributed by atoms with van der Waals surface area (Å²) in [4.78, 5) is 11.6. The summed E-state index contributed by atoms with van der Waals surface area (Å²) in [6.45, 7) is 5.57. The van der Waals surface area contributed by atoms with Gasteiger partial charge in [0.15, 0.2) is 0 Å². The molecule has 2 aliphatic heterocycles.